The SMILES string of the molecule is [2H]c1c(-c2c(C(C)(C)C)cccc2C(C)(C)C)c(-c2c(C(C)(C)C)cccc2C(C)(C)C)c([2H])c(-c2c(C(C)(C)C)cccc2C(C)(C)C)c1-c1c(C(C)(C)C)cccc1C(C)(C)C. The molecule has 0 amide bonds. The number of hydrogen-bond acceptors (Lipinski definition) is 0. The van der Waals surface area contributed by atoms with Crippen LogP contribution < -0.4 is 0 Å². The first-order valence-corrected chi connectivity index (χ1v) is 23.5. The van der Waals surface area contributed by atoms with Gasteiger partial charge in [-0.1, -0.05) is 239 Å². The molecule has 0 atom stereocenters. The summed E-state index contributed by atoms with van der Waals surface area (Å²) in [5.74, 6) is 0. The molecule has 0 saturated carbocycles. The molecule has 0 aliphatic carbocycles. The molecular formula is C62H86. The fourth-order valence-corrected chi connectivity index (χ4v) is 9.54. The van der Waals surface area contributed by atoms with Crippen LogP contribution in [-0.2, 0) is 43.3 Å². The maximum Gasteiger partial charge on any atom is 0.0636 e. The van der Waals surface area contributed by atoms with Crippen LogP contribution in [0.3, 0.4) is 0 Å². The summed E-state index contributed by atoms with van der Waals surface area (Å²) in [6, 6.07) is 28.2. The largest absolute Gasteiger partial charge is 0.0636 e. The molecule has 0 aliphatic heterocycles. The lowest BCUT2D eigenvalue weighted by Crippen LogP contribution is -2.22. The molecule has 5 aromatic carbocycles. The first kappa shape index (κ1) is 46.1. The van der Waals surface area contributed by atoms with Gasteiger partial charge >= 0.3 is 0 Å². The Morgan fingerprint density at radius 3 is 0.435 bits per heavy atom. The molecule has 0 aliphatic rings. The number of hydrogen-bond donors (Lipinski definition) is 0. The Balaban J connectivity index is 2.47. The first-order valence-electron chi connectivity index (χ1n) is 24.5. The summed E-state index contributed by atoms with van der Waals surface area (Å²) in [4.78, 5) is 0. The van der Waals surface area contributed by atoms with E-state index >= 15 is 0 Å². The molecule has 0 unspecified atom stereocenters. The molecule has 334 valence electrons. The van der Waals surface area contributed by atoms with Crippen LogP contribution in [0.25, 0.3) is 44.5 Å². The van der Waals surface area contributed by atoms with Gasteiger partial charge in [-0.15, -0.1) is 0 Å². The molecule has 0 spiro atoms. The molecular weight excluding hydrogens is 745 g/mol. The summed E-state index contributed by atoms with van der Waals surface area (Å²) in [6.45, 7) is 55.4. The highest BCUT2D eigenvalue weighted by Gasteiger charge is 2.36. The van der Waals surface area contributed by atoms with Crippen LogP contribution >= 0.6 is 0 Å². The van der Waals surface area contributed by atoms with E-state index in [9.17, 15) is 2.74 Å². The Morgan fingerprint density at radius 1 is 0.226 bits per heavy atom. The molecule has 5 aromatic rings. The minimum atomic E-state index is -0.268. The molecule has 62 heavy (non-hydrogen) atoms. The van der Waals surface area contributed by atoms with Crippen molar-refractivity contribution in [1.29, 1.82) is 0 Å². The summed E-state index contributed by atoms with van der Waals surface area (Å²) in [7, 11) is 0. The normalized spacial score (nSPS) is 14.3. The third-order valence-corrected chi connectivity index (χ3v) is 12.7. The van der Waals surface area contributed by atoms with Crippen LogP contribution in [0.4, 0.5) is 0 Å². The van der Waals surface area contributed by atoms with E-state index < -0.39 is 0 Å². The molecule has 0 N–H and O–H groups in total. The van der Waals surface area contributed by atoms with Crippen LogP contribution in [0.1, 0.15) is 213 Å². The zero-order chi connectivity index (χ0) is 48.9. The second kappa shape index (κ2) is 16.0. The van der Waals surface area contributed by atoms with Gasteiger partial charge in [-0.2, -0.15) is 0 Å². The minimum Gasteiger partial charge on any atom is -0.0616 e. The van der Waals surface area contributed by atoms with Gasteiger partial charge in [0.1, 0.15) is 0 Å². The Morgan fingerprint density at radius 2 is 0.339 bits per heavy atom. The predicted molar refractivity (Wildman–Crippen MR) is 278 cm³/mol. The molecule has 0 nitrogen and oxygen atoms in total. The van der Waals surface area contributed by atoms with Gasteiger partial charge in [0.2, 0.25) is 0 Å². The van der Waals surface area contributed by atoms with Crippen LogP contribution in [0.15, 0.2) is 84.9 Å². The highest BCUT2D eigenvalue weighted by atomic mass is 14.4. The van der Waals surface area contributed by atoms with Gasteiger partial charge in [-0.25, -0.2) is 0 Å². The van der Waals surface area contributed by atoms with E-state index in [1.807, 2.05) is 0 Å². The molecule has 0 aromatic heterocycles. The molecule has 0 heteroatoms. The van der Waals surface area contributed by atoms with Gasteiger partial charge in [0, 0.05) is 0 Å². The third-order valence-electron chi connectivity index (χ3n) is 12.7. The average molecular weight is 833 g/mol. The summed E-state index contributed by atoms with van der Waals surface area (Å²) in [6.07, 6.45) is 0. The number of benzene rings is 5. The lowest BCUT2D eigenvalue weighted by atomic mass is 9.67. The Labute approximate surface area is 384 Å². The standard InChI is InChI=1S/C62H86/c1-55(2,3)43-29-25-30-44(56(4,5)6)51(43)39-37-41(53-47(59(13,14)15)33-27-34-48(53)60(16,17)18)42(54-49(61(19,20)21)35-28-36-50(54)62(22,23)24)38-40(39)52-45(57(7,8)9)31-26-32-46(52)58(10,11)12/h25-38H,1-24H3/i37D,38D. The van der Waals surface area contributed by atoms with Crippen molar-refractivity contribution in [2.24, 2.45) is 0 Å². The first-order chi connectivity index (χ1) is 28.7. The van der Waals surface area contributed by atoms with Crippen molar-refractivity contribution in [2.75, 3.05) is 0 Å². The fourth-order valence-electron chi connectivity index (χ4n) is 9.54. The maximum absolute atomic E-state index is 11.5. The summed E-state index contributed by atoms with van der Waals surface area (Å²) in [5, 5.41) is 0. The van der Waals surface area contributed by atoms with Gasteiger partial charge in [0.15, 0.2) is 0 Å². The topological polar surface area (TPSA) is 0 Å². The van der Waals surface area contributed by atoms with Gasteiger partial charge < -0.3 is 0 Å². The lowest BCUT2D eigenvalue weighted by Gasteiger charge is -2.37. The number of rotatable bonds is 4. The van der Waals surface area contributed by atoms with Crippen molar-refractivity contribution in [2.45, 2.75) is 209 Å². The van der Waals surface area contributed by atoms with Gasteiger partial charge in [-0.05, 0) is 144 Å². The van der Waals surface area contributed by atoms with Gasteiger partial charge in [0.25, 0.3) is 0 Å². The van der Waals surface area contributed by atoms with Crippen molar-refractivity contribution >= 4 is 0 Å². The summed E-state index contributed by atoms with van der Waals surface area (Å²) < 4.78 is 23.1. The van der Waals surface area contributed by atoms with Crippen molar-refractivity contribution in [3.05, 3.63) is 129 Å². The third kappa shape index (κ3) is 9.76. The molecule has 0 saturated heterocycles. The van der Waals surface area contributed by atoms with Crippen molar-refractivity contribution in [3.63, 3.8) is 0 Å². The zero-order valence-corrected chi connectivity index (χ0v) is 43.9. The molecule has 0 bridgehead atoms. The van der Waals surface area contributed by atoms with Crippen molar-refractivity contribution in [1.82, 2.24) is 0 Å². The summed E-state index contributed by atoms with van der Waals surface area (Å²) >= 11 is 0. The zero-order valence-electron chi connectivity index (χ0n) is 45.9. The fraction of sp³-hybridized carbons (Fsp3) is 0.516. The smallest absolute Gasteiger partial charge is 0.0616 e. The highest BCUT2D eigenvalue weighted by molar-refractivity contribution is 6.00. The van der Waals surface area contributed by atoms with E-state index in [2.05, 4.69) is 239 Å². The van der Waals surface area contributed by atoms with E-state index in [4.69, 9.17) is 0 Å². The van der Waals surface area contributed by atoms with Crippen molar-refractivity contribution < 1.29 is 2.74 Å². The van der Waals surface area contributed by atoms with E-state index in [1.54, 1.807) is 0 Å². The van der Waals surface area contributed by atoms with Gasteiger partial charge in [0.05, 0.1) is 2.74 Å². The predicted octanol–water partition coefficient (Wildman–Crippen LogP) is 18.7. The quantitative estimate of drug-likeness (QED) is 0.169. The van der Waals surface area contributed by atoms with E-state index in [-0.39, 0.29) is 43.3 Å². The maximum atomic E-state index is 11.5. The molecule has 0 radical (unpaired) electrons. The Hall–Kier alpha value is -3.90. The van der Waals surface area contributed by atoms with Crippen LogP contribution in [0.5, 0.6) is 0 Å². The molecule has 0 fully saturated rings. The minimum absolute atomic E-state index is 0.268. The summed E-state index contributed by atoms with van der Waals surface area (Å²) in [5.41, 5.74) is 15.3. The second-order valence-electron chi connectivity index (χ2n) is 26.7. The van der Waals surface area contributed by atoms with Crippen LogP contribution in [0.2, 0.25) is 0 Å². The van der Waals surface area contributed by atoms with E-state index in [0.29, 0.717) is 12.1 Å². The van der Waals surface area contributed by atoms with Gasteiger partial charge in [-0.3, -0.25) is 0 Å². The van der Waals surface area contributed by atoms with Crippen LogP contribution in [0, 0.1) is 0 Å². The van der Waals surface area contributed by atoms with Crippen LogP contribution in [-0.4, -0.2) is 0 Å². The second-order valence-corrected chi connectivity index (χ2v) is 26.7. The van der Waals surface area contributed by atoms with Crippen molar-refractivity contribution in [3.8, 4) is 44.5 Å². The molecule has 0 heterocycles. The Kier molecular flexibility index (Phi) is 11.9. The van der Waals surface area contributed by atoms with E-state index in [0.717, 1.165) is 44.5 Å². The highest BCUT2D eigenvalue weighted by Crippen LogP contribution is 2.55. The average Bonchev–Trinajstić information content (AvgIpc) is 3.11. The molecule has 5 rings (SSSR count). The Bertz CT molecular complexity index is 2070. The monoisotopic (exact) mass is 833 g/mol. The lowest BCUT2D eigenvalue weighted by molar-refractivity contribution is 0.569. The van der Waals surface area contributed by atoms with E-state index in [1.165, 1.54) is 44.5 Å².